The van der Waals surface area contributed by atoms with Gasteiger partial charge in [-0.25, -0.2) is 9.97 Å². The van der Waals surface area contributed by atoms with Crippen molar-refractivity contribution in [3.8, 4) is 0 Å². The van der Waals surface area contributed by atoms with Crippen molar-refractivity contribution in [2.75, 3.05) is 13.6 Å². The van der Waals surface area contributed by atoms with Gasteiger partial charge in [-0.3, -0.25) is 0 Å². The van der Waals surface area contributed by atoms with Gasteiger partial charge in [-0.1, -0.05) is 0 Å². The topological polar surface area (TPSA) is 41.4 Å². The van der Waals surface area contributed by atoms with Gasteiger partial charge in [-0.05, 0) is 19.9 Å². The van der Waals surface area contributed by atoms with Crippen molar-refractivity contribution in [3.05, 3.63) is 23.8 Å². The zero-order chi connectivity index (χ0) is 9.68. The molecule has 1 rings (SSSR count). The lowest BCUT2D eigenvalue weighted by Gasteiger charge is -2.07. The van der Waals surface area contributed by atoms with Crippen LogP contribution in [-0.2, 0) is 0 Å². The Morgan fingerprint density at radius 1 is 1.62 bits per heavy atom. The fraction of sp³-hybridized carbons (Fsp3) is 0.444. The van der Waals surface area contributed by atoms with Gasteiger partial charge in [-0.15, -0.1) is 0 Å². The number of hydrogen-bond donors (Lipinski definition) is 0. The van der Waals surface area contributed by atoms with E-state index in [0.717, 1.165) is 18.1 Å². The van der Waals surface area contributed by atoms with Gasteiger partial charge < -0.3 is 5.01 Å². The Morgan fingerprint density at radius 3 is 3.00 bits per heavy atom. The summed E-state index contributed by atoms with van der Waals surface area (Å²) in [6.45, 7) is 4.80. The molecule has 0 fully saturated rings. The fourth-order valence-electron chi connectivity index (χ4n) is 0.786. The number of aryl methyl sites for hydroxylation is 1. The molecule has 13 heavy (non-hydrogen) atoms. The zero-order valence-electron chi connectivity index (χ0n) is 8.23. The summed E-state index contributed by atoms with van der Waals surface area (Å²) in [4.78, 5) is 8.19. The van der Waals surface area contributed by atoms with E-state index in [1.165, 1.54) is 0 Å². The van der Waals surface area contributed by atoms with Crippen molar-refractivity contribution in [1.82, 2.24) is 15.0 Å². The Labute approximate surface area is 78.3 Å². The van der Waals surface area contributed by atoms with Crippen LogP contribution in [0.1, 0.15) is 18.4 Å². The van der Waals surface area contributed by atoms with E-state index in [9.17, 15) is 0 Å². The maximum Gasteiger partial charge on any atom is 0.125 e. The highest BCUT2D eigenvalue weighted by molar-refractivity contribution is 5.76. The molecule has 0 unspecified atom stereocenters. The number of hydrazone groups is 1. The fourth-order valence-corrected chi connectivity index (χ4v) is 0.786. The Bertz CT molecular complexity index is 295. The molecule has 1 heterocycles. The maximum atomic E-state index is 4.19. The van der Waals surface area contributed by atoms with Gasteiger partial charge in [0.2, 0.25) is 0 Å². The summed E-state index contributed by atoms with van der Waals surface area (Å²) in [6, 6.07) is 1.83. The highest BCUT2D eigenvalue weighted by Crippen LogP contribution is 1.91. The highest BCUT2D eigenvalue weighted by atomic mass is 15.4. The number of rotatable bonds is 3. The molecule has 1 aromatic heterocycles. The van der Waals surface area contributed by atoms with Crippen LogP contribution in [-0.4, -0.2) is 34.8 Å². The van der Waals surface area contributed by atoms with Crippen LogP contribution in [0.4, 0.5) is 0 Å². The molecule has 0 radical (unpaired) electrons. The van der Waals surface area contributed by atoms with Crippen LogP contribution in [0.2, 0.25) is 0 Å². The predicted molar refractivity (Wildman–Crippen MR) is 52.7 cm³/mol. The Hall–Kier alpha value is -1.45. The van der Waals surface area contributed by atoms with E-state index < -0.39 is 0 Å². The van der Waals surface area contributed by atoms with Gasteiger partial charge in [0.25, 0.3) is 0 Å². The third-order valence-electron chi connectivity index (χ3n) is 1.64. The second-order valence-electron chi connectivity index (χ2n) is 2.75. The summed E-state index contributed by atoms with van der Waals surface area (Å²) in [5.41, 5.74) is 0.841. The highest BCUT2D eigenvalue weighted by Gasteiger charge is 1.91. The first kappa shape index (κ1) is 9.64. The maximum absolute atomic E-state index is 4.19. The van der Waals surface area contributed by atoms with Crippen LogP contribution < -0.4 is 0 Å². The third-order valence-corrected chi connectivity index (χ3v) is 1.64. The molecule has 4 nitrogen and oxygen atoms in total. The normalized spacial score (nSPS) is 10.7. The molecular formula is C9H14N4. The van der Waals surface area contributed by atoms with Crippen molar-refractivity contribution < 1.29 is 0 Å². The van der Waals surface area contributed by atoms with Crippen LogP contribution in [0.3, 0.4) is 0 Å². The Kier molecular flexibility index (Phi) is 3.37. The molecule has 0 saturated carbocycles. The predicted octanol–water partition coefficient (Wildman–Crippen LogP) is 1.07. The molecule has 70 valence electrons. The monoisotopic (exact) mass is 178 g/mol. The van der Waals surface area contributed by atoms with Crippen LogP contribution in [0.15, 0.2) is 17.4 Å². The molecule has 0 spiro atoms. The van der Waals surface area contributed by atoms with E-state index in [0.29, 0.717) is 0 Å². The van der Waals surface area contributed by atoms with Gasteiger partial charge in [-0.2, -0.15) is 5.10 Å². The minimum absolute atomic E-state index is 0.767. The van der Waals surface area contributed by atoms with E-state index in [-0.39, 0.29) is 0 Å². The van der Waals surface area contributed by atoms with Crippen molar-refractivity contribution in [3.63, 3.8) is 0 Å². The quantitative estimate of drug-likeness (QED) is 0.513. The molecular weight excluding hydrogens is 164 g/mol. The molecule has 4 heteroatoms. The molecule has 0 N–H and O–H groups in total. The SMILES string of the molecule is CCN(C)/N=C/c1ccnc(C)n1. The van der Waals surface area contributed by atoms with Gasteiger partial charge in [0.1, 0.15) is 5.82 Å². The molecule has 0 amide bonds. The lowest BCUT2D eigenvalue weighted by atomic mass is 10.4. The Balaban J connectivity index is 2.68. The van der Waals surface area contributed by atoms with Crippen molar-refractivity contribution in [1.29, 1.82) is 0 Å². The summed E-state index contributed by atoms with van der Waals surface area (Å²) in [5.74, 6) is 0.767. The summed E-state index contributed by atoms with van der Waals surface area (Å²) in [6.07, 6.45) is 3.47. The minimum Gasteiger partial charge on any atom is -0.300 e. The third kappa shape index (κ3) is 3.19. The molecule has 1 aromatic rings. The van der Waals surface area contributed by atoms with Gasteiger partial charge in [0, 0.05) is 19.8 Å². The molecule has 0 aliphatic heterocycles. The first-order valence-corrected chi connectivity index (χ1v) is 4.27. The standard InChI is InChI=1S/C9H14N4/c1-4-13(3)11-7-9-5-6-10-8(2)12-9/h5-7H,4H2,1-3H3/b11-7+. The summed E-state index contributed by atoms with van der Waals surface area (Å²) in [7, 11) is 1.92. The summed E-state index contributed by atoms with van der Waals surface area (Å²) < 4.78 is 0. The molecule has 0 aromatic carbocycles. The van der Waals surface area contributed by atoms with Crippen molar-refractivity contribution in [2.24, 2.45) is 5.10 Å². The molecule has 0 atom stereocenters. The number of aromatic nitrogens is 2. The van der Waals surface area contributed by atoms with Crippen LogP contribution in [0, 0.1) is 6.92 Å². The summed E-state index contributed by atoms with van der Waals surface area (Å²) in [5, 5.41) is 6.02. The summed E-state index contributed by atoms with van der Waals surface area (Å²) >= 11 is 0. The second-order valence-corrected chi connectivity index (χ2v) is 2.75. The largest absolute Gasteiger partial charge is 0.300 e. The van der Waals surface area contributed by atoms with E-state index in [4.69, 9.17) is 0 Å². The smallest absolute Gasteiger partial charge is 0.125 e. The van der Waals surface area contributed by atoms with E-state index in [1.807, 2.05) is 32.0 Å². The lowest BCUT2D eigenvalue weighted by Crippen LogP contribution is -2.09. The van der Waals surface area contributed by atoms with Gasteiger partial charge in [0.05, 0.1) is 11.9 Å². The van der Waals surface area contributed by atoms with Crippen LogP contribution >= 0.6 is 0 Å². The first-order valence-electron chi connectivity index (χ1n) is 4.27. The first-order chi connectivity index (χ1) is 6.22. The second kappa shape index (κ2) is 4.54. The van der Waals surface area contributed by atoms with Crippen molar-refractivity contribution in [2.45, 2.75) is 13.8 Å². The minimum atomic E-state index is 0.767. The van der Waals surface area contributed by atoms with Gasteiger partial charge in [0.15, 0.2) is 0 Å². The van der Waals surface area contributed by atoms with Crippen LogP contribution in [0.5, 0.6) is 0 Å². The molecule has 0 saturated heterocycles. The van der Waals surface area contributed by atoms with E-state index in [1.54, 1.807) is 12.4 Å². The van der Waals surface area contributed by atoms with Gasteiger partial charge >= 0.3 is 0 Å². The zero-order valence-corrected chi connectivity index (χ0v) is 8.23. The average molecular weight is 178 g/mol. The molecule has 0 bridgehead atoms. The average Bonchev–Trinajstić information content (AvgIpc) is 2.14. The Morgan fingerprint density at radius 2 is 2.38 bits per heavy atom. The van der Waals surface area contributed by atoms with Crippen LogP contribution in [0.25, 0.3) is 0 Å². The molecule has 0 aliphatic carbocycles. The van der Waals surface area contributed by atoms with Crippen molar-refractivity contribution >= 4 is 6.21 Å². The van der Waals surface area contributed by atoms with E-state index >= 15 is 0 Å². The molecule has 0 aliphatic rings. The van der Waals surface area contributed by atoms with E-state index in [2.05, 4.69) is 15.1 Å². The lowest BCUT2D eigenvalue weighted by molar-refractivity contribution is 0.377. The number of nitrogens with zero attached hydrogens (tertiary/aromatic N) is 4. The number of hydrogen-bond acceptors (Lipinski definition) is 4.